The number of methoxy groups -OCH3 is 2. The van der Waals surface area contributed by atoms with Crippen LogP contribution in [0.25, 0.3) is 6.08 Å². The number of amides is 3. The van der Waals surface area contributed by atoms with Crippen LogP contribution in [0.2, 0.25) is 0 Å². The molecule has 0 heterocycles. The number of carbonyl (C=O) groups excluding carboxylic acids is 2. The number of para-hydroxylation sites is 1. The molecule has 0 saturated carbocycles. The molecule has 0 aliphatic carbocycles. The van der Waals surface area contributed by atoms with Gasteiger partial charge in [0.2, 0.25) is 5.91 Å². The Morgan fingerprint density at radius 3 is 1.97 bits per heavy atom. The van der Waals surface area contributed by atoms with E-state index in [1.54, 1.807) is 68.8 Å². The van der Waals surface area contributed by atoms with E-state index in [1.807, 2.05) is 24.3 Å². The number of ether oxygens (including phenoxy) is 2. The topological polar surface area (TPSA) is 88.7 Å². The normalized spacial score (nSPS) is 10.4. The van der Waals surface area contributed by atoms with E-state index in [4.69, 9.17) is 9.47 Å². The first-order chi connectivity index (χ1) is 15.1. The Kier molecular flexibility index (Phi) is 7.26. The summed E-state index contributed by atoms with van der Waals surface area (Å²) in [6.45, 7) is 0. The van der Waals surface area contributed by atoms with Gasteiger partial charge in [-0.2, -0.15) is 0 Å². The Balaban J connectivity index is 1.55. The molecule has 0 aliphatic heterocycles. The molecule has 0 atom stereocenters. The molecule has 0 aromatic heterocycles. The van der Waals surface area contributed by atoms with Crippen molar-refractivity contribution in [1.82, 2.24) is 0 Å². The highest BCUT2D eigenvalue weighted by Crippen LogP contribution is 2.25. The zero-order valence-electron chi connectivity index (χ0n) is 17.2. The van der Waals surface area contributed by atoms with Crippen molar-refractivity contribution in [3.8, 4) is 11.5 Å². The number of hydrogen-bond donors (Lipinski definition) is 3. The molecule has 7 heteroatoms. The van der Waals surface area contributed by atoms with E-state index >= 15 is 0 Å². The fraction of sp³-hybridized carbons (Fsp3) is 0.0833. The van der Waals surface area contributed by atoms with Gasteiger partial charge in [0.15, 0.2) is 0 Å². The first kappa shape index (κ1) is 21.4. The van der Waals surface area contributed by atoms with E-state index < -0.39 is 0 Å². The van der Waals surface area contributed by atoms with Gasteiger partial charge < -0.3 is 25.4 Å². The smallest absolute Gasteiger partial charge is 0.323 e. The minimum absolute atomic E-state index is 0.291. The number of rotatable bonds is 7. The van der Waals surface area contributed by atoms with Gasteiger partial charge in [-0.15, -0.1) is 0 Å². The molecule has 3 aromatic carbocycles. The summed E-state index contributed by atoms with van der Waals surface area (Å²) in [5.41, 5.74) is 2.65. The Morgan fingerprint density at radius 2 is 1.35 bits per heavy atom. The SMILES string of the molecule is COc1ccc(/C=C/C(=O)Nc2ccc(NC(=O)Nc3ccccc3)cc2)c(OC)c1. The molecular formula is C24H23N3O4. The van der Waals surface area contributed by atoms with Crippen LogP contribution in [-0.4, -0.2) is 26.2 Å². The summed E-state index contributed by atoms with van der Waals surface area (Å²) in [5.74, 6) is 0.984. The third-order valence-corrected chi connectivity index (χ3v) is 4.30. The molecule has 0 saturated heterocycles. The molecule has 0 radical (unpaired) electrons. The zero-order chi connectivity index (χ0) is 22.1. The van der Waals surface area contributed by atoms with Gasteiger partial charge in [0.1, 0.15) is 11.5 Å². The second-order valence-electron chi connectivity index (χ2n) is 6.45. The molecule has 0 aliphatic rings. The summed E-state index contributed by atoms with van der Waals surface area (Å²) in [6, 6.07) is 21.0. The lowest BCUT2D eigenvalue weighted by Gasteiger charge is -2.09. The predicted octanol–water partition coefficient (Wildman–Crippen LogP) is 5.00. The monoisotopic (exact) mass is 417 g/mol. The molecule has 3 aromatic rings. The predicted molar refractivity (Wildman–Crippen MR) is 123 cm³/mol. The van der Waals surface area contributed by atoms with Crippen LogP contribution in [0.3, 0.4) is 0 Å². The zero-order valence-corrected chi connectivity index (χ0v) is 17.2. The standard InChI is InChI=1S/C24H23N3O4/c1-30-21-14-8-17(22(16-21)31-2)9-15-23(28)25-19-10-12-20(13-11-19)27-24(29)26-18-6-4-3-5-7-18/h3-16H,1-2H3,(H,25,28)(H2,26,27,29)/b15-9+. The van der Waals surface area contributed by atoms with E-state index in [9.17, 15) is 9.59 Å². The van der Waals surface area contributed by atoms with Gasteiger partial charge in [0, 0.05) is 34.8 Å². The van der Waals surface area contributed by atoms with Crippen LogP contribution < -0.4 is 25.4 Å². The fourth-order valence-electron chi connectivity index (χ4n) is 2.76. The summed E-state index contributed by atoms with van der Waals surface area (Å²) < 4.78 is 10.5. The summed E-state index contributed by atoms with van der Waals surface area (Å²) >= 11 is 0. The Hall–Kier alpha value is -4.26. The molecule has 3 rings (SSSR count). The Bertz CT molecular complexity index is 1060. The van der Waals surface area contributed by atoms with E-state index in [0.29, 0.717) is 28.6 Å². The average Bonchev–Trinajstić information content (AvgIpc) is 2.79. The summed E-state index contributed by atoms with van der Waals surface area (Å²) in [4.78, 5) is 24.3. The second kappa shape index (κ2) is 10.5. The van der Waals surface area contributed by atoms with Crippen LogP contribution >= 0.6 is 0 Å². The van der Waals surface area contributed by atoms with Crippen LogP contribution in [0.5, 0.6) is 11.5 Å². The summed E-state index contributed by atoms with van der Waals surface area (Å²) in [6.07, 6.45) is 3.08. The highest BCUT2D eigenvalue weighted by Gasteiger charge is 2.05. The largest absolute Gasteiger partial charge is 0.497 e. The third kappa shape index (κ3) is 6.37. The van der Waals surface area contributed by atoms with Gasteiger partial charge in [-0.25, -0.2) is 4.79 Å². The first-order valence-electron chi connectivity index (χ1n) is 9.51. The van der Waals surface area contributed by atoms with E-state index in [2.05, 4.69) is 16.0 Å². The van der Waals surface area contributed by atoms with Gasteiger partial charge in [-0.05, 0) is 54.6 Å². The van der Waals surface area contributed by atoms with Crippen molar-refractivity contribution < 1.29 is 19.1 Å². The molecule has 3 amide bonds. The van der Waals surface area contributed by atoms with Gasteiger partial charge in [0.25, 0.3) is 0 Å². The molecule has 0 spiro atoms. The molecule has 0 bridgehead atoms. The molecule has 158 valence electrons. The van der Waals surface area contributed by atoms with Crippen LogP contribution in [0.1, 0.15) is 5.56 Å². The molecule has 0 unspecified atom stereocenters. The average molecular weight is 417 g/mol. The Morgan fingerprint density at radius 1 is 0.742 bits per heavy atom. The lowest BCUT2D eigenvalue weighted by Crippen LogP contribution is -2.19. The molecule has 0 fully saturated rings. The minimum atomic E-state index is -0.348. The maximum atomic E-state index is 12.2. The summed E-state index contributed by atoms with van der Waals surface area (Å²) in [5, 5.41) is 8.25. The van der Waals surface area contributed by atoms with Crippen molar-refractivity contribution in [1.29, 1.82) is 0 Å². The number of urea groups is 1. The van der Waals surface area contributed by atoms with Crippen LogP contribution in [0.15, 0.2) is 78.9 Å². The number of hydrogen-bond acceptors (Lipinski definition) is 4. The van der Waals surface area contributed by atoms with Crippen LogP contribution in [0, 0.1) is 0 Å². The first-order valence-corrected chi connectivity index (χ1v) is 9.51. The number of anilines is 3. The summed E-state index contributed by atoms with van der Waals surface area (Å²) in [7, 11) is 3.14. The van der Waals surface area contributed by atoms with Crippen LogP contribution in [0.4, 0.5) is 21.9 Å². The fourth-order valence-corrected chi connectivity index (χ4v) is 2.76. The number of benzene rings is 3. The maximum absolute atomic E-state index is 12.2. The lowest BCUT2D eigenvalue weighted by atomic mass is 10.1. The van der Waals surface area contributed by atoms with Crippen molar-refractivity contribution in [2.75, 3.05) is 30.2 Å². The van der Waals surface area contributed by atoms with Gasteiger partial charge in [-0.3, -0.25) is 4.79 Å². The quantitative estimate of drug-likeness (QED) is 0.472. The van der Waals surface area contributed by atoms with E-state index in [-0.39, 0.29) is 11.9 Å². The highest BCUT2D eigenvalue weighted by molar-refractivity contribution is 6.03. The van der Waals surface area contributed by atoms with E-state index in [1.165, 1.54) is 6.08 Å². The number of carbonyl (C=O) groups is 2. The van der Waals surface area contributed by atoms with Crippen molar-refractivity contribution in [2.45, 2.75) is 0 Å². The second-order valence-corrected chi connectivity index (χ2v) is 6.45. The van der Waals surface area contributed by atoms with E-state index in [0.717, 1.165) is 5.56 Å². The molecule has 3 N–H and O–H groups in total. The Labute approximate surface area is 180 Å². The molecule has 7 nitrogen and oxygen atoms in total. The lowest BCUT2D eigenvalue weighted by molar-refractivity contribution is -0.111. The van der Waals surface area contributed by atoms with Gasteiger partial charge in [-0.1, -0.05) is 18.2 Å². The third-order valence-electron chi connectivity index (χ3n) is 4.30. The van der Waals surface area contributed by atoms with Crippen molar-refractivity contribution in [2.24, 2.45) is 0 Å². The molecular weight excluding hydrogens is 394 g/mol. The molecule has 31 heavy (non-hydrogen) atoms. The van der Waals surface area contributed by atoms with Crippen molar-refractivity contribution in [3.05, 3.63) is 84.4 Å². The highest BCUT2D eigenvalue weighted by atomic mass is 16.5. The van der Waals surface area contributed by atoms with Gasteiger partial charge in [0.05, 0.1) is 14.2 Å². The van der Waals surface area contributed by atoms with Gasteiger partial charge >= 0.3 is 6.03 Å². The van der Waals surface area contributed by atoms with Crippen molar-refractivity contribution >= 4 is 35.1 Å². The van der Waals surface area contributed by atoms with Crippen molar-refractivity contribution in [3.63, 3.8) is 0 Å². The maximum Gasteiger partial charge on any atom is 0.323 e. The number of nitrogens with one attached hydrogen (secondary N) is 3. The van der Waals surface area contributed by atoms with Crippen LogP contribution in [-0.2, 0) is 4.79 Å². The minimum Gasteiger partial charge on any atom is -0.497 e.